The van der Waals surface area contributed by atoms with E-state index in [1.165, 1.54) is 11.7 Å². The van der Waals surface area contributed by atoms with E-state index in [1.54, 1.807) is 56.5 Å². The zero-order chi connectivity index (χ0) is 24.9. The van der Waals surface area contributed by atoms with Crippen molar-refractivity contribution in [3.63, 3.8) is 0 Å². The van der Waals surface area contributed by atoms with E-state index in [9.17, 15) is 14.4 Å². The lowest BCUT2D eigenvalue weighted by Crippen LogP contribution is -2.37. The van der Waals surface area contributed by atoms with Crippen molar-refractivity contribution in [2.45, 2.75) is 19.4 Å². The molecule has 0 saturated carbocycles. The number of nitrogens with one attached hydrogen (secondary N) is 1. The van der Waals surface area contributed by atoms with Gasteiger partial charge in [0, 0.05) is 12.0 Å². The number of aromatic amines is 1. The molecule has 0 radical (unpaired) electrons. The standard InChI is InChI=1S/C28H24N2O5/c1-18(21-10-12-22(13-11-21)27(32)35-3)30-26(31)24-17-20(9-16-25(24)29-28(30)33)6-4-5-19-7-14-23(34-2)15-8-19/h7-18H,5H2,1-3H3,(H,29,33). The number of hydrogen-bond donors (Lipinski definition) is 1. The largest absolute Gasteiger partial charge is 0.497 e. The van der Waals surface area contributed by atoms with Crippen LogP contribution in [0.25, 0.3) is 10.9 Å². The van der Waals surface area contributed by atoms with Gasteiger partial charge in [-0.05, 0) is 60.5 Å². The highest BCUT2D eigenvalue weighted by Gasteiger charge is 2.16. The average Bonchev–Trinajstić information content (AvgIpc) is 2.89. The molecule has 0 amide bonds. The van der Waals surface area contributed by atoms with Gasteiger partial charge in [0.1, 0.15) is 5.75 Å². The lowest BCUT2D eigenvalue weighted by Gasteiger charge is -2.15. The van der Waals surface area contributed by atoms with Crippen molar-refractivity contribution in [1.82, 2.24) is 9.55 Å². The highest BCUT2D eigenvalue weighted by molar-refractivity contribution is 5.89. The number of fused-ring (bicyclic) bond motifs is 1. The minimum atomic E-state index is -0.549. The van der Waals surface area contributed by atoms with Gasteiger partial charge in [0.25, 0.3) is 5.56 Å². The number of nitrogens with zero attached hydrogens (tertiary/aromatic N) is 1. The molecule has 0 fully saturated rings. The number of methoxy groups -OCH3 is 2. The first-order valence-corrected chi connectivity index (χ1v) is 11.0. The molecule has 7 nitrogen and oxygen atoms in total. The third-order valence-electron chi connectivity index (χ3n) is 5.81. The Kier molecular flexibility index (Phi) is 6.83. The quantitative estimate of drug-likeness (QED) is 0.356. The first-order chi connectivity index (χ1) is 16.9. The summed E-state index contributed by atoms with van der Waals surface area (Å²) in [7, 11) is 2.93. The van der Waals surface area contributed by atoms with Crippen molar-refractivity contribution in [2.75, 3.05) is 14.2 Å². The molecule has 4 rings (SSSR count). The molecule has 1 N–H and O–H groups in total. The zero-order valence-corrected chi connectivity index (χ0v) is 19.6. The number of carbonyl (C=O) groups is 1. The Morgan fingerprint density at radius 2 is 1.71 bits per heavy atom. The Bertz CT molecular complexity index is 1550. The SMILES string of the molecule is COC(=O)c1ccc(C(C)n2c(=O)[nH]c3ccc(C#CCc4ccc(OC)cc4)cc3c2=O)cc1. The molecular formula is C28H24N2O5. The van der Waals surface area contributed by atoms with Gasteiger partial charge < -0.3 is 14.5 Å². The van der Waals surface area contributed by atoms with Crippen molar-refractivity contribution >= 4 is 16.9 Å². The van der Waals surface area contributed by atoms with Gasteiger partial charge in [0.15, 0.2) is 0 Å². The Hall–Kier alpha value is -4.57. The molecule has 0 spiro atoms. The van der Waals surface area contributed by atoms with Gasteiger partial charge in [-0.1, -0.05) is 36.1 Å². The molecule has 0 aliphatic rings. The van der Waals surface area contributed by atoms with E-state index in [1.807, 2.05) is 24.3 Å². The van der Waals surface area contributed by atoms with Gasteiger partial charge in [-0.25, -0.2) is 9.59 Å². The maximum atomic E-state index is 13.3. The zero-order valence-electron chi connectivity index (χ0n) is 19.6. The smallest absolute Gasteiger partial charge is 0.337 e. The summed E-state index contributed by atoms with van der Waals surface area (Å²) >= 11 is 0. The van der Waals surface area contributed by atoms with E-state index in [-0.39, 0.29) is 0 Å². The molecule has 3 aromatic carbocycles. The van der Waals surface area contributed by atoms with E-state index in [4.69, 9.17) is 9.47 Å². The third kappa shape index (κ3) is 5.02. The van der Waals surface area contributed by atoms with Crippen molar-refractivity contribution < 1.29 is 14.3 Å². The first kappa shape index (κ1) is 23.6. The Balaban J connectivity index is 1.64. The van der Waals surface area contributed by atoms with E-state index in [0.29, 0.717) is 34.0 Å². The Labute approximate surface area is 202 Å². The average molecular weight is 469 g/mol. The summed E-state index contributed by atoms with van der Waals surface area (Å²) in [5.41, 5.74) is 2.36. The van der Waals surface area contributed by atoms with E-state index in [0.717, 1.165) is 11.3 Å². The second-order valence-electron chi connectivity index (χ2n) is 7.98. The van der Waals surface area contributed by atoms with Crippen LogP contribution in [0.1, 0.15) is 40.0 Å². The molecule has 0 saturated heterocycles. The Morgan fingerprint density at radius 1 is 1.00 bits per heavy atom. The molecule has 1 aromatic heterocycles. The third-order valence-corrected chi connectivity index (χ3v) is 5.81. The van der Waals surface area contributed by atoms with Crippen LogP contribution in [0.3, 0.4) is 0 Å². The van der Waals surface area contributed by atoms with Crippen molar-refractivity contribution in [3.8, 4) is 17.6 Å². The first-order valence-electron chi connectivity index (χ1n) is 11.0. The summed E-state index contributed by atoms with van der Waals surface area (Å²) in [6.07, 6.45) is 0.552. The number of rotatable bonds is 5. The fraction of sp³-hybridized carbons (Fsp3) is 0.179. The number of hydrogen-bond acceptors (Lipinski definition) is 5. The van der Waals surface area contributed by atoms with E-state index in [2.05, 4.69) is 16.8 Å². The predicted molar refractivity (Wildman–Crippen MR) is 134 cm³/mol. The molecule has 35 heavy (non-hydrogen) atoms. The molecule has 1 atom stereocenters. The van der Waals surface area contributed by atoms with Crippen LogP contribution in [0.2, 0.25) is 0 Å². The molecule has 0 bridgehead atoms. The number of H-pyrrole nitrogens is 1. The van der Waals surface area contributed by atoms with Crippen LogP contribution >= 0.6 is 0 Å². The van der Waals surface area contributed by atoms with Crippen molar-refractivity contribution in [3.05, 3.63) is 110 Å². The normalized spacial score (nSPS) is 11.4. The van der Waals surface area contributed by atoms with Gasteiger partial charge in [-0.3, -0.25) is 9.36 Å². The maximum Gasteiger partial charge on any atom is 0.337 e. The summed E-state index contributed by atoms with van der Waals surface area (Å²) in [6.45, 7) is 1.76. The van der Waals surface area contributed by atoms with Gasteiger partial charge in [-0.2, -0.15) is 0 Å². The fourth-order valence-electron chi connectivity index (χ4n) is 3.81. The van der Waals surface area contributed by atoms with Crippen LogP contribution in [-0.2, 0) is 11.2 Å². The van der Waals surface area contributed by atoms with Crippen LogP contribution in [0, 0.1) is 11.8 Å². The molecule has 7 heteroatoms. The highest BCUT2D eigenvalue weighted by Crippen LogP contribution is 2.17. The predicted octanol–water partition coefficient (Wildman–Crippen LogP) is 3.69. The number of aromatic nitrogens is 2. The van der Waals surface area contributed by atoms with Crippen LogP contribution in [0.4, 0.5) is 0 Å². The van der Waals surface area contributed by atoms with Crippen LogP contribution < -0.4 is 16.0 Å². The molecule has 0 aliphatic carbocycles. The number of esters is 1. The summed E-state index contributed by atoms with van der Waals surface area (Å²) in [5.74, 6) is 6.55. The number of ether oxygens (including phenoxy) is 2. The summed E-state index contributed by atoms with van der Waals surface area (Å²) in [5, 5.41) is 0.374. The molecule has 0 aliphatic heterocycles. The molecule has 4 aromatic rings. The van der Waals surface area contributed by atoms with Crippen LogP contribution in [-0.4, -0.2) is 29.7 Å². The van der Waals surface area contributed by atoms with E-state index >= 15 is 0 Å². The Morgan fingerprint density at radius 3 is 2.37 bits per heavy atom. The van der Waals surface area contributed by atoms with Crippen molar-refractivity contribution in [1.29, 1.82) is 0 Å². The minimum Gasteiger partial charge on any atom is -0.497 e. The maximum absolute atomic E-state index is 13.3. The van der Waals surface area contributed by atoms with Gasteiger partial charge >= 0.3 is 11.7 Å². The highest BCUT2D eigenvalue weighted by atomic mass is 16.5. The van der Waals surface area contributed by atoms with Crippen LogP contribution in [0.5, 0.6) is 5.75 Å². The second kappa shape index (κ2) is 10.1. The second-order valence-corrected chi connectivity index (χ2v) is 7.98. The van der Waals surface area contributed by atoms with Crippen molar-refractivity contribution in [2.24, 2.45) is 0 Å². The summed E-state index contributed by atoms with van der Waals surface area (Å²) in [4.78, 5) is 40.5. The molecule has 176 valence electrons. The topological polar surface area (TPSA) is 90.4 Å². The monoisotopic (exact) mass is 468 g/mol. The number of benzene rings is 3. The van der Waals surface area contributed by atoms with Gasteiger partial charge in [0.05, 0.1) is 36.7 Å². The van der Waals surface area contributed by atoms with Gasteiger partial charge in [0.2, 0.25) is 0 Å². The van der Waals surface area contributed by atoms with Gasteiger partial charge in [-0.15, -0.1) is 0 Å². The lowest BCUT2D eigenvalue weighted by atomic mass is 10.1. The molecule has 1 heterocycles. The molecule has 1 unspecified atom stereocenters. The summed E-state index contributed by atoms with van der Waals surface area (Å²) < 4.78 is 11.1. The minimum absolute atomic E-state index is 0.374. The summed E-state index contributed by atoms with van der Waals surface area (Å²) in [6, 6.07) is 18.9. The molecular weight excluding hydrogens is 444 g/mol. The fourth-order valence-corrected chi connectivity index (χ4v) is 3.81. The number of carbonyl (C=O) groups excluding carboxylic acids is 1. The van der Waals surface area contributed by atoms with Crippen LogP contribution in [0.15, 0.2) is 76.3 Å². The van der Waals surface area contributed by atoms with E-state index < -0.39 is 23.3 Å². The lowest BCUT2D eigenvalue weighted by molar-refractivity contribution is 0.0600.